The van der Waals surface area contributed by atoms with Crippen LogP contribution >= 0.6 is 0 Å². The van der Waals surface area contributed by atoms with Gasteiger partial charge in [-0.05, 0) is 63.2 Å². The van der Waals surface area contributed by atoms with Crippen LogP contribution in [0.2, 0.25) is 0 Å². The third-order valence-electron chi connectivity index (χ3n) is 5.62. The first-order valence-electron chi connectivity index (χ1n) is 11.0. The van der Waals surface area contributed by atoms with Crippen molar-refractivity contribution in [2.75, 3.05) is 44.6 Å². The van der Waals surface area contributed by atoms with Gasteiger partial charge in [-0.1, -0.05) is 20.3 Å². The summed E-state index contributed by atoms with van der Waals surface area (Å²) in [5.74, 6) is 0.645. The van der Waals surface area contributed by atoms with E-state index in [9.17, 15) is 13.7 Å². The minimum atomic E-state index is -3.48. The van der Waals surface area contributed by atoms with Gasteiger partial charge in [-0.3, -0.25) is 0 Å². The molecule has 2 heterocycles. The zero-order valence-electron chi connectivity index (χ0n) is 18.3. The zero-order valence-corrected chi connectivity index (χ0v) is 19.1. The highest BCUT2D eigenvalue weighted by Gasteiger charge is 2.26. The van der Waals surface area contributed by atoms with Crippen LogP contribution in [0.3, 0.4) is 0 Å². The van der Waals surface area contributed by atoms with Gasteiger partial charge in [-0.2, -0.15) is 14.6 Å². The van der Waals surface area contributed by atoms with E-state index in [0.717, 1.165) is 45.3 Å². The standard InChI is InChI=1S/C22H31N5O3S/c1-3-26(4-2)14-8-13-24-22-20(17-23)25-21(30-22)18-9-11-19(12-10-18)31(28,29)27-15-6-5-7-16-27/h9-12,24H,3-8,13-16H2,1-2H3. The number of nitrogens with zero attached hydrogens (tertiary/aromatic N) is 4. The Bertz CT molecular complexity index is 985. The first-order chi connectivity index (χ1) is 15.0. The molecular formula is C22H31N5O3S. The predicted molar refractivity (Wildman–Crippen MR) is 120 cm³/mol. The lowest BCUT2D eigenvalue weighted by molar-refractivity contribution is 0.302. The van der Waals surface area contributed by atoms with Crippen molar-refractivity contribution in [3.63, 3.8) is 0 Å². The summed E-state index contributed by atoms with van der Waals surface area (Å²) >= 11 is 0. The van der Waals surface area contributed by atoms with Gasteiger partial charge in [-0.15, -0.1) is 0 Å². The van der Waals surface area contributed by atoms with E-state index in [1.54, 1.807) is 28.6 Å². The molecule has 0 aliphatic carbocycles. The number of piperidine rings is 1. The van der Waals surface area contributed by atoms with Gasteiger partial charge in [0.1, 0.15) is 6.07 Å². The minimum absolute atomic E-state index is 0.197. The maximum Gasteiger partial charge on any atom is 0.243 e. The lowest BCUT2D eigenvalue weighted by Crippen LogP contribution is -2.35. The Hall–Kier alpha value is -2.41. The average Bonchev–Trinajstić information content (AvgIpc) is 3.23. The maximum atomic E-state index is 12.8. The molecular weight excluding hydrogens is 414 g/mol. The molecule has 1 aliphatic rings. The lowest BCUT2D eigenvalue weighted by Gasteiger charge is -2.25. The molecule has 0 atom stereocenters. The summed E-state index contributed by atoms with van der Waals surface area (Å²) < 4.78 is 32.9. The molecule has 8 nitrogen and oxygen atoms in total. The highest BCUT2D eigenvalue weighted by molar-refractivity contribution is 7.89. The Morgan fingerprint density at radius 2 is 1.84 bits per heavy atom. The van der Waals surface area contributed by atoms with Crippen molar-refractivity contribution in [2.45, 2.75) is 44.4 Å². The van der Waals surface area contributed by atoms with E-state index in [1.807, 2.05) is 0 Å². The second-order valence-corrected chi connectivity index (χ2v) is 9.54. The smallest absolute Gasteiger partial charge is 0.243 e. The molecule has 1 N–H and O–H groups in total. The van der Waals surface area contributed by atoms with Crippen LogP contribution in [0.4, 0.5) is 5.88 Å². The lowest BCUT2D eigenvalue weighted by atomic mass is 10.2. The molecule has 1 aromatic heterocycles. The Kier molecular flexibility index (Phi) is 8.07. The quantitative estimate of drug-likeness (QED) is 0.558. The Morgan fingerprint density at radius 1 is 1.16 bits per heavy atom. The molecule has 1 aromatic carbocycles. The van der Waals surface area contributed by atoms with Crippen molar-refractivity contribution in [1.82, 2.24) is 14.2 Å². The molecule has 0 unspecified atom stereocenters. The molecule has 0 bridgehead atoms. The summed E-state index contributed by atoms with van der Waals surface area (Å²) in [6.07, 6.45) is 3.79. The fourth-order valence-electron chi connectivity index (χ4n) is 3.71. The number of sulfonamides is 1. The van der Waals surface area contributed by atoms with Crippen LogP contribution in [-0.4, -0.2) is 61.9 Å². The third kappa shape index (κ3) is 5.64. The second-order valence-electron chi connectivity index (χ2n) is 7.60. The number of aromatic nitrogens is 1. The number of oxazole rings is 1. The normalized spacial score (nSPS) is 15.2. The van der Waals surface area contributed by atoms with Crippen molar-refractivity contribution < 1.29 is 12.8 Å². The number of nitriles is 1. The molecule has 1 saturated heterocycles. The highest BCUT2D eigenvalue weighted by Crippen LogP contribution is 2.27. The van der Waals surface area contributed by atoms with E-state index in [1.165, 1.54) is 0 Å². The molecule has 3 rings (SSSR count). The molecule has 1 fully saturated rings. The zero-order chi connectivity index (χ0) is 22.3. The van der Waals surface area contributed by atoms with Crippen LogP contribution < -0.4 is 5.32 Å². The summed E-state index contributed by atoms with van der Waals surface area (Å²) in [5, 5.41) is 12.5. The predicted octanol–water partition coefficient (Wildman–Crippen LogP) is 3.53. The monoisotopic (exact) mass is 445 g/mol. The SMILES string of the molecule is CCN(CC)CCCNc1oc(-c2ccc(S(=O)(=O)N3CCCCC3)cc2)nc1C#N. The van der Waals surface area contributed by atoms with Crippen molar-refractivity contribution >= 4 is 15.9 Å². The number of hydrogen-bond acceptors (Lipinski definition) is 7. The van der Waals surface area contributed by atoms with Gasteiger partial charge >= 0.3 is 0 Å². The van der Waals surface area contributed by atoms with Crippen LogP contribution in [0.15, 0.2) is 33.6 Å². The van der Waals surface area contributed by atoms with Crippen molar-refractivity contribution in [1.29, 1.82) is 5.26 Å². The van der Waals surface area contributed by atoms with Crippen LogP contribution in [-0.2, 0) is 10.0 Å². The van der Waals surface area contributed by atoms with Gasteiger partial charge in [0.15, 0.2) is 0 Å². The van der Waals surface area contributed by atoms with E-state index in [-0.39, 0.29) is 10.6 Å². The number of benzene rings is 1. The molecule has 0 radical (unpaired) electrons. The van der Waals surface area contributed by atoms with E-state index >= 15 is 0 Å². The van der Waals surface area contributed by atoms with Gasteiger partial charge in [-0.25, -0.2) is 8.42 Å². The average molecular weight is 446 g/mol. The van der Waals surface area contributed by atoms with Gasteiger partial charge < -0.3 is 14.6 Å². The molecule has 168 valence electrons. The number of anilines is 1. The van der Waals surface area contributed by atoms with Crippen molar-refractivity contribution in [3.8, 4) is 17.5 Å². The molecule has 2 aromatic rings. The minimum Gasteiger partial charge on any atom is -0.419 e. The third-order valence-corrected chi connectivity index (χ3v) is 7.53. The maximum absolute atomic E-state index is 12.8. The van der Waals surface area contributed by atoms with Crippen molar-refractivity contribution in [2.24, 2.45) is 0 Å². The molecule has 0 saturated carbocycles. The molecule has 9 heteroatoms. The fraction of sp³-hybridized carbons (Fsp3) is 0.545. The van der Waals surface area contributed by atoms with E-state index in [2.05, 4.69) is 35.1 Å². The number of hydrogen-bond donors (Lipinski definition) is 1. The summed E-state index contributed by atoms with van der Waals surface area (Å²) in [5.41, 5.74) is 0.827. The summed E-state index contributed by atoms with van der Waals surface area (Å²) in [7, 11) is -3.48. The molecule has 0 amide bonds. The van der Waals surface area contributed by atoms with Crippen LogP contribution in [0.25, 0.3) is 11.5 Å². The number of nitrogens with one attached hydrogen (secondary N) is 1. The first-order valence-corrected chi connectivity index (χ1v) is 12.4. The van der Waals surface area contributed by atoms with Crippen LogP contribution in [0.5, 0.6) is 0 Å². The molecule has 1 aliphatic heterocycles. The highest BCUT2D eigenvalue weighted by atomic mass is 32.2. The largest absolute Gasteiger partial charge is 0.419 e. The first kappa shape index (κ1) is 23.3. The summed E-state index contributed by atoms with van der Waals surface area (Å²) in [6.45, 7) is 9.07. The van der Waals surface area contributed by atoms with Crippen LogP contribution in [0, 0.1) is 11.3 Å². The van der Waals surface area contributed by atoms with Gasteiger partial charge in [0, 0.05) is 25.2 Å². The fourth-order valence-corrected chi connectivity index (χ4v) is 5.22. The molecule has 31 heavy (non-hydrogen) atoms. The van der Waals surface area contributed by atoms with E-state index in [4.69, 9.17) is 4.42 Å². The van der Waals surface area contributed by atoms with E-state index < -0.39 is 10.0 Å². The van der Waals surface area contributed by atoms with Crippen LogP contribution in [0.1, 0.15) is 45.2 Å². The topological polar surface area (TPSA) is 102 Å². The molecule has 0 spiro atoms. The summed E-state index contributed by atoms with van der Waals surface area (Å²) in [6, 6.07) is 8.56. The Balaban J connectivity index is 1.68. The van der Waals surface area contributed by atoms with Crippen molar-refractivity contribution in [3.05, 3.63) is 30.0 Å². The summed E-state index contributed by atoms with van der Waals surface area (Å²) in [4.78, 5) is 6.86. The number of rotatable bonds is 10. The van der Waals surface area contributed by atoms with Gasteiger partial charge in [0.25, 0.3) is 0 Å². The second kappa shape index (κ2) is 10.8. The van der Waals surface area contributed by atoms with Gasteiger partial charge in [0.05, 0.1) is 4.90 Å². The van der Waals surface area contributed by atoms with Gasteiger partial charge in [0.2, 0.25) is 27.5 Å². The van der Waals surface area contributed by atoms with E-state index in [0.29, 0.717) is 37.0 Å². The Morgan fingerprint density at radius 3 is 2.45 bits per heavy atom. The Labute approximate surface area is 184 Å².